The van der Waals surface area contributed by atoms with Gasteiger partial charge in [-0.1, -0.05) is 6.42 Å². The van der Waals surface area contributed by atoms with Crippen LogP contribution in [0.5, 0.6) is 0 Å². The first kappa shape index (κ1) is 12.0. The number of rotatable bonds is 3. The first-order valence-electron chi connectivity index (χ1n) is 5.31. The Hall–Kier alpha value is -1.52. The highest BCUT2D eigenvalue weighted by Gasteiger charge is 2.41. The molecule has 0 amide bonds. The van der Waals surface area contributed by atoms with E-state index in [-0.39, 0.29) is 12.0 Å². The molecule has 2 nitrogen and oxygen atoms in total. The molecule has 0 spiro atoms. The van der Waals surface area contributed by atoms with Crippen LogP contribution in [0, 0.1) is 17.5 Å². The Labute approximate surface area is 96.1 Å². The van der Waals surface area contributed by atoms with Crippen molar-refractivity contribution in [1.82, 2.24) is 0 Å². The normalized spacial score (nSPS) is 17.6. The van der Waals surface area contributed by atoms with Crippen molar-refractivity contribution in [3.05, 3.63) is 35.1 Å². The summed E-state index contributed by atoms with van der Waals surface area (Å²) in [4.78, 5) is 10.8. The molecule has 17 heavy (non-hydrogen) atoms. The highest BCUT2D eigenvalue weighted by molar-refractivity contribution is 5.69. The molecule has 0 aliphatic heterocycles. The van der Waals surface area contributed by atoms with Gasteiger partial charge in [0.05, 0.1) is 6.42 Å². The third-order valence-electron chi connectivity index (χ3n) is 3.40. The number of carboxylic acid groups (broad SMARTS) is 1. The van der Waals surface area contributed by atoms with Crippen LogP contribution in [0.15, 0.2) is 12.1 Å². The minimum absolute atomic E-state index is 0.183. The number of carboxylic acids is 1. The lowest BCUT2D eigenvalue weighted by Gasteiger charge is -2.41. The first-order valence-corrected chi connectivity index (χ1v) is 5.31. The van der Waals surface area contributed by atoms with E-state index in [1.54, 1.807) is 0 Å². The van der Waals surface area contributed by atoms with Crippen molar-refractivity contribution in [2.75, 3.05) is 0 Å². The molecule has 2 rings (SSSR count). The molecule has 1 aliphatic carbocycles. The van der Waals surface area contributed by atoms with Gasteiger partial charge in [-0.25, -0.2) is 13.2 Å². The molecule has 1 aromatic carbocycles. The second-order valence-corrected chi connectivity index (χ2v) is 4.46. The third kappa shape index (κ3) is 2.01. The van der Waals surface area contributed by atoms with Crippen LogP contribution >= 0.6 is 0 Å². The summed E-state index contributed by atoms with van der Waals surface area (Å²) in [5.74, 6) is -5.07. The fraction of sp³-hybridized carbons (Fsp3) is 0.417. The number of carbonyl (C=O) groups is 1. The topological polar surface area (TPSA) is 37.3 Å². The van der Waals surface area contributed by atoms with Crippen LogP contribution in [0.25, 0.3) is 0 Å². The second-order valence-electron chi connectivity index (χ2n) is 4.46. The maximum absolute atomic E-state index is 13.1. The van der Waals surface area contributed by atoms with Gasteiger partial charge < -0.3 is 5.11 Å². The van der Waals surface area contributed by atoms with Crippen molar-refractivity contribution in [2.24, 2.45) is 0 Å². The molecule has 1 N–H and O–H groups in total. The summed E-state index contributed by atoms with van der Waals surface area (Å²) in [6.07, 6.45) is 1.75. The molecule has 0 radical (unpaired) electrons. The molecule has 0 heterocycles. The Kier molecular flexibility index (Phi) is 2.85. The lowest BCUT2D eigenvalue weighted by atomic mass is 9.62. The molecule has 1 saturated carbocycles. The van der Waals surface area contributed by atoms with Gasteiger partial charge in [0.15, 0.2) is 17.5 Å². The Morgan fingerprint density at radius 3 is 2.12 bits per heavy atom. The molecule has 5 heteroatoms. The van der Waals surface area contributed by atoms with Crippen molar-refractivity contribution < 1.29 is 23.1 Å². The standard InChI is InChI=1S/C12H11F3O2/c13-8-4-7(5-9(14)11(8)15)12(2-1-3-12)6-10(16)17/h4-5H,1-3,6H2,(H,16,17). The molecule has 0 unspecified atom stereocenters. The zero-order chi connectivity index (χ0) is 12.6. The number of hydrogen-bond donors (Lipinski definition) is 1. The molecule has 92 valence electrons. The lowest BCUT2D eigenvalue weighted by molar-refractivity contribution is -0.139. The molecule has 0 saturated heterocycles. The zero-order valence-corrected chi connectivity index (χ0v) is 8.97. The van der Waals surface area contributed by atoms with Gasteiger partial charge in [0, 0.05) is 5.41 Å². The smallest absolute Gasteiger partial charge is 0.304 e. The van der Waals surface area contributed by atoms with Gasteiger partial charge in [-0.3, -0.25) is 4.79 Å². The monoisotopic (exact) mass is 244 g/mol. The first-order chi connectivity index (χ1) is 7.94. The summed E-state index contributed by atoms with van der Waals surface area (Å²) in [6, 6.07) is 1.81. The largest absolute Gasteiger partial charge is 0.481 e. The minimum atomic E-state index is -1.52. The van der Waals surface area contributed by atoms with Crippen LogP contribution in [0.1, 0.15) is 31.2 Å². The SMILES string of the molecule is O=C(O)CC1(c2cc(F)c(F)c(F)c2)CCC1. The van der Waals surface area contributed by atoms with Gasteiger partial charge in [0.1, 0.15) is 0 Å². The molecular weight excluding hydrogens is 233 g/mol. The van der Waals surface area contributed by atoms with Gasteiger partial charge in [-0.15, -0.1) is 0 Å². The predicted molar refractivity (Wildman–Crippen MR) is 54.1 cm³/mol. The quantitative estimate of drug-likeness (QED) is 0.830. The number of hydrogen-bond acceptors (Lipinski definition) is 1. The Morgan fingerprint density at radius 1 is 1.24 bits per heavy atom. The van der Waals surface area contributed by atoms with Crippen molar-refractivity contribution in [3.8, 4) is 0 Å². The van der Waals surface area contributed by atoms with E-state index in [4.69, 9.17) is 5.11 Å². The van der Waals surface area contributed by atoms with E-state index < -0.39 is 28.8 Å². The molecule has 1 fully saturated rings. The lowest BCUT2D eigenvalue weighted by Crippen LogP contribution is -2.36. The van der Waals surface area contributed by atoms with Crippen molar-refractivity contribution in [3.63, 3.8) is 0 Å². The van der Waals surface area contributed by atoms with Crippen LogP contribution < -0.4 is 0 Å². The zero-order valence-electron chi connectivity index (χ0n) is 8.97. The number of benzene rings is 1. The summed E-state index contributed by atoms with van der Waals surface area (Å²) < 4.78 is 39.0. The third-order valence-corrected chi connectivity index (χ3v) is 3.40. The predicted octanol–water partition coefficient (Wildman–Crippen LogP) is 3.00. The van der Waals surface area contributed by atoms with Gasteiger partial charge in [0.2, 0.25) is 0 Å². The molecule has 0 aromatic heterocycles. The average molecular weight is 244 g/mol. The summed E-state index contributed by atoms with van der Waals surface area (Å²) >= 11 is 0. The van der Waals surface area contributed by atoms with Crippen LogP contribution in [-0.2, 0) is 10.2 Å². The maximum atomic E-state index is 13.1. The highest BCUT2D eigenvalue weighted by Crippen LogP contribution is 2.46. The summed E-state index contributed by atoms with van der Waals surface area (Å²) in [5.41, 5.74) is -0.496. The van der Waals surface area contributed by atoms with Gasteiger partial charge in [0.25, 0.3) is 0 Å². The van der Waals surface area contributed by atoms with E-state index in [1.165, 1.54) is 0 Å². The average Bonchev–Trinajstić information content (AvgIpc) is 2.19. The van der Waals surface area contributed by atoms with E-state index in [2.05, 4.69) is 0 Å². The Morgan fingerprint density at radius 2 is 1.76 bits per heavy atom. The van der Waals surface area contributed by atoms with Crippen molar-refractivity contribution in [1.29, 1.82) is 0 Å². The number of aliphatic carboxylic acids is 1. The second kappa shape index (κ2) is 4.05. The Bertz CT molecular complexity index is 444. The van der Waals surface area contributed by atoms with Crippen LogP contribution in [-0.4, -0.2) is 11.1 Å². The molecular formula is C12H11F3O2. The Balaban J connectivity index is 2.41. The van der Waals surface area contributed by atoms with Crippen molar-refractivity contribution in [2.45, 2.75) is 31.1 Å². The van der Waals surface area contributed by atoms with E-state index in [1.807, 2.05) is 0 Å². The van der Waals surface area contributed by atoms with E-state index in [9.17, 15) is 18.0 Å². The molecule has 1 aliphatic rings. The van der Waals surface area contributed by atoms with Crippen molar-refractivity contribution >= 4 is 5.97 Å². The summed E-state index contributed by atoms with van der Waals surface area (Å²) in [6.45, 7) is 0. The van der Waals surface area contributed by atoms with Gasteiger partial charge in [-0.2, -0.15) is 0 Å². The fourth-order valence-electron chi connectivity index (χ4n) is 2.32. The van der Waals surface area contributed by atoms with E-state index in [0.717, 1.165) is 18.6 Å². The van der Waals surface area contributed by atoms with E-state index >= 15 is 0 Å². The maximum Gasteiger partial charge on any atom is 0.304 e. The van der Waals surface area contributed by atoms with Crippen LogP contribution in [0.2, 0.25) is 0 Å². The number of halogens is 3. The van der Waals surface area contributed by atoms with Gasteiger partial charge in [-0.05, 0) is 30.5 Å². The molecule has 0 atom stereocenters. The summed E-state index contributed by atoms with van der Waals surface area (Å²) in [7, 11) is 0. The molecule has 1 aromatic rings. The highest BCUT2D eigenvalue weighted by atomic mass is 19.2. The summed E-state index contributed by atoms with van der Waals surface area (Å²) in [5, 5.41) is 8.81. The molecule has 0 bridgehead atoms. The minimum Gasteiger partial charge on any atom is -0.481 e. The van der Waals surface area contributed by atoms with Crippen LogP contribution in [0.4, 0.5) is 13.2 Å². The van der Waals surface area contributed by atoms with Crippen LogP contribution in [0.3, 0.4) is 0 Å². The van der Waals surface area contributed by atoms with Gasteiger partial charge >= 0.3 is 5.97 Å². The van der Waals surface area contributed by atoms with E-state index in [0.29, 0.717) is 12.8 Å². The fourth-order valence-corrected chi connectivity index (χ4v) is 2.32.